The Morgan fingerprint density at radius 1 is 1.35 bits per heavy atom. The smallest absolute Gasteiger partial charge is 0.412 e. The lowest BCUT2D eigenvalue weighted by Crippen LogP contribution is -2.33. The van der Waals surface area contributed by atoms with Crippen LogP contribution in [0.5, 0.6) is 5.75 Å². The summed E-state index contributed by atoms with van der Waals surface area (Å²) in [5, 5.41) is 5.85. The standard InChI is InChI=1S/C18H21N5O3/c1-3-25-18(24)23-15-9-13-16(17(19)22-15)21-14(11(2)20-13)10-26-12-7-5-4-6-8-12/h4-9,11,20H,3,10H2,1-2H3,(H3,19,22,23,24). The number of nitrogens with two attached hydrogens (primary N) is 1. The van der Waals surface area contributed by atoms with Gasteiger partial charge < -0.3 is 20.5 Å². The molecule has 8 heteroatoms. The third kappa shape index (κ3) is 4.02. The van der Waals surface area contributed by atoms with Crippen molar-refractivity contribution in [3.8, 4) is 5.75 Å². The molecule has 0 spiro atoms. The number of carbonyl (C=O) groups excluding carboxylic acids is 1. The van der Waals surface area contributed by atoms with Gasteiger partial charge in [-0.3, -0.25) is 5.32 Å². The number of hydrogen-bond donors (Lipinski definition) is 3. The molecule has 1 amide bonds. The number of rotatable bonds is 5. The van der Waals surface area contributed by atoms with Crippen molar-refractivity contribution >= 4 is 34.8 Å². The second-order valence-electron chi connectivity index (χ2n) is 5.71. The lowest BCUT2D eigenvalue weighted by Gasteiger charge is -2.25. The van der Waals surface area contributed by atoms with E-state index in [4.69, 9.17) is 15.2 Å². The molecule has 1 atom stereocenters. The minimum Gasteiger partial charge on any atom is -0.488 e. The summed E-state index contributed by atoms with van der Waals surface area (Å²) in [6.45, 7) is 4.31. The normalized spacial score (nSPS) is 15.3. The summed E-state index contributed by atoms with van der Waals surface area (Å²) in [5.41, 5.74) is 8.05. The molecule has 1 aromatic carbocycles. The van der Waals surface area contributed by atoms with Crippen LogP contribution in [-0.2, 0) is 4.74 Å². The number of aromatic nitrogens is 1. The highest BCUT2D eigenvalue weighted by molar-refractivity contribution is 6.01. The van der Waals surface area contributed by atoms with E-state index >= 15 is 0 Å². The number of fused-ring (bicyclic) bond motifs is 1. The maximum absolute atomic E-state index is 11.5. The number of nitrogen functional groups attached to an aromatic ring is 1. The number of nitrogens with zero attached hydrogens (tertiary/aromatic N) is 2. The van der Waals surface area contributed by atoms with Gasteiger partial charge in [-0.05, 0) is 26.0 Å². The maximum atomic E-state index is 11.5. The first-order chi connectivity index (χ1) is 12.6. The Morgan fingerprint density at radius 2 is 2.12 bits per heavy atom. The molecular formula is C18H21N5O3. The highest BCUT2D eigenvalue weighted by Crippen LogP contribution is 2.36. The fraction of sp³-hybridized carbons (Fsp3) is 0.278. The van der Waals surface area contributed by atoms with Gasteiger partial charge in [0.15, 0.2) is 5.82 Å². The third-order valence-electron chi connectivity index (χ3n) is 3.78. The minimum atomic E-state index is -0.580. The van der Waals surface area contributed by atoms with Crippen molar-refractivity contribution in [3.63, 3.8) is 0 Å². The first-order valence-electron chi connectivity index (χ1n) is 8.33. The zero-order valence-electron chi connectivity index (χ0n) is 14.7. The number of nitrogens with one attached hydrogen (secondary N) is 2. The lowest BCUT2D eigenvalue weighted by atomic mass is 10.1. The second-order valence-corrected chi connectivity index (χ2v) is 5.71. The molecule has 0 saturated heterocycles. The Hall–Kier alpha value is -3.29. The number of anilines is 3. The van der Waals surface area contributed by atoms with Gasteiger partial charge in [-0.2, -0.15) is 0 Å². The second kappa shape index (κ2) is 7.73. The summed E-state index contributed by atoms with van der Waals surface area (Å²) in [7, 11) is 0. The van der Waals surface area contributed by atoms with Crippen molar-refractivity contribution in [3.05, 3.63) is 36.4 Å². The molecular weight excluding hydrogens is 334 g/mol. The van der Waals surface area contributed by atoms with Crippen molar-refractivity contribution < 1.29 is 14.3 Å². The minimum absolute atomic E-state index is 0.0524. The highest BCUT2D eigenvalue weighted by atomic mass is 16.5. The first kappa shape index (κ1) is 17.5. The van der Waals surface area contributed by atoms with E-state index in [1.165, 1.54) is 0 Å². The van der Waals surface area contributed by atoms with Crippen molar-refractivity contribution in [2.24, 2.45) is 4.99 Å². The molecule has 1 aromatic heterocycles. The number of benzene rings is 1. The van der Waals surface area contributed by atoms with Gasteiger partial charge in [-0.25, -0.2) is 14.8 Å². The van der Waals surface area contributed by atoms with Crippen LogP contribution in [0, 0.1) is 0 Å². The van der Waals surface area contributed by atoms with E-state index in [1.54, 1.807) is 13.0 Å². The summed E-state index contributed by atoms with van der Waals surface area (Å²) in [6.07, 6.45) is -0.580. The van der Waals surface area contributed by atoms with E-state index < -0.39 is 6.09 Å². The van der Waals surface area contributed by atoms with Gasteiger partial charge in [0.2, 0.25) is 0 Å². The van der Waals surface area contributed by atoms with E-state index in [2.05, 4.69) is 20.6 Å². The van der Waals surface area contributed by atoms with Crippen LogP contribution < -0.4 is 21.1 Å². The van der Waals surface area contributed by atoms with Crippen molar-refractivity contribution in [1.29, 1.82) is 0 Å². The SMILES string of the molecule is CCOC(=O)Nc1cc2c(c(N)n1)N=C(COc1ccccc1)C(C)N2. The molecule has 26 heavy (non-hydrogen) atoms. The number of ether oxygens (including phenoxy) is 2. The highest BCUT2D eigenvalue weighted by Gasteiger charge is 2.22. The summed E-state index contributed by atoms with van der Waals surface area (Å²) >= 11 is 0. The van der Waals surface area contributed by atoms with E-state index in [9.17, 15) is 4.79 Å². The van der Waals surface area contributed by atoms with Crippen LogP contribution in [0.1, 0.15) is 13.8 Å². The van der Waals surface area contributed by atoms with Crippen LogP contribution in [0.25, 0.3) is 0 Å². The topological polar surface area (TPSA) is 111 Å². The fourth-order valence-corrected chi connectivity index (χ4v) is 2.51. The Labute approximate surface area is 151 Å². The van der Waals surface area contributed by atoms with Crippen molar-refractivity contribution in [1.82, 2.24) is 4.98 Å². The predicted molar refractivity (Wildman–Crippen MR) is 101 cm³/mol. The molecule has 3 rings (SSSR count). The monoisotopic (exact) mass is 355 g/mol. The molecule has 0 fully saturated rings. The van der Waals surface area contributed by atoms with Gasteiger partial charge in [0.05, 0.1) is 24.0 Å². The Balaban J connectivity index is 1.78. The molecule has 2 aromatic rings. The van der Waals surface area contributed by atoms with Crippen LogP contribution >= 0.6 is 0 Å². The Bertz CT molecular complexity index is 823. The zero-order chi connectivity index (χ0) is 18.5. The molecule has 136 valence electrons. The van der Waals surface area contributed by atoms with Crippen LogP contribution in [0.2, 0.25) is 0 Å². The lowest BCUT2D eigenvalue weighted by molar-refractivity contribution is 0.168. The molecule has 1 aliphatic heterocycles. The van der Waals surface area contributed by atoms with Crippen LogP contribution in [0.3, 0.4) is 0 Å². The largest absolute Gasteiger partial charge is 0.488 e. The van der Waals surface area contributed by atoms with E-state index in [1.807, 2.05) is 37.3 Å². The molecule has 8 nitrogen and oxygen atoms in total. The van der Waals surface area contributed by atoms with Crippen molar-refractivity contribution in [2.75, 3.05) is 29.6 Å². The van der Waals surface area contributed by atoms with Gasteiger partial charge in [0.25, 0.3) is 0 Å². The maximum Gasteiger partial charge on any atom is 0.412 e. The summed E-state index contributed by atoms with van der Waals surface area (Å²) in [4.78, 5) is 20.3. The average molecular weight is 355 g/mol. The van der Waals surface area contributed by atoms with Gasteiger partial charge in [-0.1, -0.05) is 18.2 Å². The zero-order valence-corrected chi connectivity index (χ0v) is 14.7. The molecule has 0 radical (unpaired) electrons. The third-order valence-corrected chi connectivity index (χ3v) is 3.78. The molecule has 1 aliphatic rings. The molecule has 2 heterocycles. The van der Waals surface area contributed by atoms with Crippen LogP contribution in [0.15, 0.2) is 41.4 Å². The van der Waals surface area contributed by atoms with Crippen LogP contribution in [0.4, 0.5) is 27.8 Å². The van der Waals surface area contributed by atoms with Gasteiger partial charge >= 0.3 is 6.09 Å². The summed E-state index contributed by atoms with van der Waals surface area (Å²) in [5.74, 6) is 1.29. The van der Waals surface area contributed by atoms with E-state index in [-0.39, 0.29) is 18.5 Å². The number of para-hydroxylation sites is 1. The number of amides is 1. The summed E-state index contributed by atoms with van der Waals surface area (Å²) < 4.78 is 10.6. The number of carbonyl (C=O) groups is 1. The van der Waals surface area contributed by atoms with E-state index in [0.29, 0.717) is 23.8 Å². The van der Waals surface area contributed by atoms with Crippen molar-refractivity contribution in [2.45, 2.75) is 19.9 Å². The van der Waals surface area contributed by atoms with E-state index in [0.717, 1.165) is 11.5 Å². The fourth-order valence-electron chi connectivity index (χ4n) is 2.51. The van der Waals surface area contributed by atoms with Gasteiger partial charge in [0, 0.05) is 6.07 Å². The molecule has 1 unspecified atom stereocenters. The number of aliphatic imine (C=N–C) groups is 1. The quantitative estimate of drug-likeness (QED) is 0.759. The molecule has 0 saturated carbocycles. The molecule has 4 N–H and O–H groups in total. The van der Waals surface area contributed by atoms with Crippen LogP contribution in [-0.4, -0.2) is 36.0 Å². The Morgan fingerprint density at radius 3 is 2.85 bits per heavy atom. The van der Waals surface area contributed by atoms with Gasteiger partial charge in [0.1, 0.15) is 23.9 Å². The predicted octanol–water partition coefficient (Wildman–Crippen LogP) is 3.20. The first-order valence-corrected chi connectivity index (χ1v) is 8.33. The molecule has 0 bridgehead atoms. The Kier molecular flexibility index (Phi) is 5.21. The van der Waals surface area contributed by atoms with Gasteiger partial charge in [-0.15, -0.1) is 0 Å². The number of hydrogen-bond acceptors (Lipinski definition) is 7. The molecule has 0 aliphatic carbocycles. The summed E-state index contributed by atoms with van der Waals surface area (Å²) in [6, 6.07) is 11.2. The average Bonchev–Trinajstić information content (AvgIpc) is 2.61. The number of pyridine rings is 1.